The number of benzene rings is 2. The highest BCUT2D eigenvalue weighted by molar-refractivity contribution is 5.77. The van der Waals surface area contributed by atoms with E-state index in [-0.39, 0.29) is 0 Å². The second-order valence-corrected chi connectivity index (χ2v) is 6.70. The van der Waals surface area contributed by atoms with E-state index < -0.39 is 0 Å². The van der Waals surface area contributed by atoms with Gasteiger partial charge in [0.05, 0.1) is 11.6 Å². The lowest BCUT2D eigenvalue weighted by molar-refractivity contribution is 0.382. The summed E-state index contributed by atoms with van der Waals surface area (Å²) in [5.74, 6) is 0. The fourth-order valence-corrected chi connectivity index (χ4v) is 3.31. The lowest BCUT2D eigenvalue weighted by atomic mass is 9.96. The molecule has 1 N–H and O–H groups in total. The van der Waals surface area contributed by atoms with Crippen molar-refractivity contribution in [3.05, 3.63) is 77.9 Å². The van der Waals surface area contributed by atoms with Gasteiger partial charge in [-0.05, 0) is 48.2 Å². The van der Waals surface area contributed by atoms with Crippen LogP contribution in [0.3, 0.4) is 0 Å². The second kappa shape index (κ2) is 7.93. The van der Waals surface area contributed by atoms with Crippen molar-refractivity contribution in [3.63, 3.8) is 0 Å². The highest BCUT2D eigenvalue weighted by Gasteiger charge is 2.19. The second-order valence-electron chi connectivity index (χ2n) is 6.70. The zero-order chi connectivity index (χ0) is 18.5. The van der Waals surface area contributed by atoms with E-state index in [1.165, 1.54) is 24.0 Å². The molecule has 0 spiro atoms. The molecule has 1 aliphatic heterocycles. The average molecular weight is 343 g/mol. The van der Waals surface area contributed by atoms with Gasteiger partial charge in [-0.2, -0.15) is 5.26 Å². The number of unbranched alkanes of at least 4 members (excludes halogenated alkanes) is 1. The molecular formula is C23H25N3. The quantitative estimate of drug-likeness (QED) is 0.776. The van der Waals surface area contributed by atoms with Gasteiger partial charge in [-0.3, -0.25) is 0 Å². The van der Waals surface area contributed by atoms with E-state index in [0.717, 1.165) is 42.2 Å². The molecule has 3 rings (SSSR count). The number of nitriles is 1. The van der Waals surface area contributed by atoms with Crippen molar-refractivity contribution in [1.82, 2.24) is 4.90 Å². The first-order chi connectivity index (χ1) is 12.6. The summed E-state index contributed by atoms with van der Waals surface area (Å²) in [7, 11) is 0. The molecule has 0 atom stereocenters. The third kappa shape index (κ3) is 3.81. The van der Waals surface area contributed by atoms with E-state index >= 15 is 0 Å². The molecule has 0 unspecified atom stereocenters. The lowest BCUT2D eigenvalue weighted by Crippen LogP contribution is -2.29. The van der Waals surface area contributed by atoms with Crippen LogP contribution in [0.25, 0.3) is 11.4 Å². The maximum Gasteiger partial charge on any atom is 0.0991 e. The molecule has 1 aliphatic rings. The summed E-state index contributed by atoms with van der Waals surface area (Å²) < 4.78 is 0. The Morgan fingerprint density at radius 2 is 2.00 bits per heavy atom. The van der Waals surface area contributed by atoms with Crippen LogP contribution in [-0.4, -0.2) is 18.0 Å². The van der Waals surface area contributed by atoms with E-state index in [9.17, 15) is 0 Å². The summed E-state index contributed by atoms with van der Waals surface area (Å²) in [4.78, 5) is 2.40. The molecule has 26 heavy (non-hydrogen) atoms. The van der Waals surface area contributed by atoms with Crippen molar-refractivity contribution < 1.29 is 0 Å². The van der Waals surface area contributed by atoms with E-state index in [1.807, 2.05) is 24.3 Å². The number of hydrogen-bond acceptors (Lipinski definition) is 3. The van der Waals surface area contributed by atoms with E-state index in [1.54, 1.807) is 0 Å². The summed E-state index contributed by atoms with van der Waals surface area (Å²) in [6, 6.07) is 16.0. The molecule has 0 saturated carbocycles. The maximum absolute atomic E-state index is 8.90. The average Bonchev–Trinajstić information content (AvgIpc) is 2.67. The van der Waals surface area contributed by atoms with Crippen LogP contribution >= 0.6 is 0 Å². The van der Waals surface area contributed by atoms with Crippen molar-refractivity contribution in [2.45, 2.75) is 26.2 Å². The van der Waals surface area contributed by atoms with Gasteiger partial charge in [-0.1, -0.05) is 44.7 Å². The van der Waals surface area contributed by atoms with Crippen LogP contribution in [-0.2, 0) is 6.42 Å². The van der Waals surface area contributed by atoms with Crippen LogP contribution in [0.15, 0.2) is 55.6 Å². The first-order valence-corrected chi connectivity index (χ1v) is 9.16. The molecule has 1 heterocycles. The topological polar surface area (TPSA) is 39.1 Å². The SMILES string of the molecule is C=C(Nc1ccc2c(c1)CCN(CCCC)C2=C)c1ccc(C#N)cc1. The molecule has 3 nitrogen and oxygen atoms in total. The van der Waals surface area contributed by atoms with Gasteiger partial charge >= 0.3 is 0 Å². The molecule has 0 aliphatic carbocycles. The molecule has 2 aromatic rings. The molecule has 3 heteroatoms. The fourth-order valence-electron chi connectivity index (χ4n) is 3.31. The van der Waals surface area contributed by atoms with Gasteiger partial charge in [0.25, 0.3) is 0 Å². The van der Waals surface area contributed by atoms with Crippen LogP contribution in [0.4, 0.5) is 5.69 Å². The Hall–Kier alpha value is -2.99. The van der Waals surface area contributed by atoms with Gasteiger partial charge < -0.3 is 10.2 Å². The zero-order valence-electron chi connectivity index (χ0n) is 15.4. The van der Waals surface area contributed by atoms with Crippen molar-refractivity contribution in [1.29, 1.82) is 5.26 Å². The summed E-state index contributed by atoms with van der Waals surface area (Å²) in [5, 5.41) is 12.3. The first-order valence-electron chi connectivity index (χ1n) is 9.16. The van der Waals surface area contributed by atoms with Crippen LogP contribution < -0.4 is 5.32 Å². The monoisotopic (exact) mass is 343 g/mol. The predicted molar refractivity (Wildman–Crippen MR) is 109 cm³/mol. The number of nitrogens with one attached hydrogen (secondary N) is 1. The maximum atomic E-state index is 8.90. The fraction of sp³-hybridized carbons (Fsp3) is 0.261. The smallest absolute Gasteiger partial charge is 0.0991 e. The summed E-state index contributed by atoms with van der Waals surface area (Å²) in [5.41, 5.74) is 7.22. The van der Waals surface area contributed by atoms with Crippen molar-refractivity contribution in [2.24, 2.45) is 0 Å². The summed E-state index contributed by atoms with van der Waals surface area (Å²) in [6.07, 6.45) is 3.45. The van der Waals surface area contributed by atoms with Crippen LogP contribution in [0, 0.1) is 11.3 Å². The Balaban J connectivity index is 1.72. The minimum Gasteiger partial charge on any atom is -0.371 e. The predicted octanol–water partition coefficient (Wildman–Crippen LogP) is 5.27. The number of rotatable bonds is 6. The lowest BCUT2D eigenvalue weighted by Gasteiger charge is -2.33. The first kappa shape index (κ1) is 17.8. The Labute approximate surface area is 156 Å². The van der Waals surface area contributed by atoms with Gasteiger partial charge in [0.2, 0.25) is 0 Å². The highest BCUT2D eigenvalue weighted by Crippen LogP contribution is 2.30. The number of anilines is 1. The van der Waals surface area contributed by atoms with Crippen LogP contribution in [0.2, 0.25) is 0 Å². The molecule has 132 valence electrons. The summed E-state index contributed by atoms with van der Waals surface area (Å²) >= 11 is 0. The molecule has 0 aromatic heterocycles. The van der Waals surface area contributed by atoms with Crippen LogP contribution in [0.5, 0.6) is 0 Å². The van der Waals surface area contributed by atoms with Crippen molar-refractivity contribution >= 4 is 17.1 Å². The van der Waals surface area contributed by atoms with Crippen LogP contribution in [0.1, 0.15) is 42.0 Å². The normalized spacial score (nSPS) is 13.1. The molecule has 2 aromatic carbocycles. The Kier molecular flexibility index (Phi) is 5.43. The number of hydrogen-bond donors (Lipinski definition) is 1. The largest absolute Gasteiger partial charge is 0.371 e. The van der Waals surface area contributed by atoms with Gasteiger partial charge in [-0.25, -0.2) is 0 Å². The van der Waals surface area contributed by atoms with Crippen molar-refractivity contribution in [3.8, 4) is 6.07 Å². The minimum atomic E-state index is 0.654. The molecule has 0 amide bonds. The van der Waals surface area contributed by atoms with Gasteiger partial charge in [0, 0.05) is 35.7 Å². The molecule has 0 fully saturated rings. The van der Waals surface area contributed by atoms with Gasteiger partial charge in [-0.15, -0.1) is 0 Å². The van der Waals surface area contributed by atoms with E-state index in [4.69, 9.17) is 5.26 Å². The Morgan fingerprint density at radius 3 is 2.69 bits per heavy atom. The third-order valence-corrected chi connectivity index (χ3v) is 4.89. The van der Waals surface area contributed by atoms with Crippen molar-refractivity contribution in [2.75, 3.05) is 18.4 Å². The minimum absolute atomic E-state index is 0.654. The molecule has 0 radical (unpaired) electrons. The highest BCUT2D eigenvalue weighted by atomic mass is 15.1. The molecular weight excluding hydrogens is 318 g/mol. The van der Waals surface area contributed by atoms with Gasteiger partial charge in [0.15, 0.2) is 0 Å². The molecule has 0 bridgehead atoms. The van der Waals surface area contributed by atoms with Gasteiger partial charge in [0.1, 0.15) is 0 Å². The number of nitrogens with zero attached hydrogens (tertiary/aromatic N) is 2. The Bertz CT molecular complexity index is 856. The standard InChI is InChI=1S/C23H25N3/c1-4-5-13-26-14-12-21-15-22(10-11-23(21)18(26)3)25-17(2)20-8-6-19(16-24)7-9-20/h6-11,15,25H,2-5,12-14H2,1H3. The summed E-state index contributed by atoms with van der Waals surface area (Å²) in [6.45, 7) is 12.8. The van der Waals surface area contributed by atoms with E-state index in [2.05, 4.69) is 54.6 Å². The number of fused-ring (bicyclic) bond motifs is 1. The molecule has 0 saturated heterocycles. The third-order valence-electron chi connectivity index (χ3n) is 4.89. The zero-order valence-corrected chi connectivity index (χ0v) is 15.4. The van der Waals surface area contributed by atoms with E-state index in [0.29, 0.717) is 5.56 Å². The Morgan fingerprint density at radius 1 is 1.23 bits per heavy atom.